The van der Waals surface area contributed by atoms with Crippen molar-refractivity contribution in [3.8, 4) is 11.5 Å². The second-order valence-electron chi connectivity index (χ2n) is 6.26. The van der Waals surface area contributed by atoms with Crippen molar-refractivity contribution in [1.82, 2.24) is 0 Å². The molecule has 2 aromatic carbocycles. The first-order chi connectivity index (χ1) is 12.4. The van der Waals surface area contributed by atoms with Crippen molar-refractivity contribution < 1.29 is 22.6 Å². The van der Waals surface area contributed by atoms with Crippen molar-refractivity contribution in [3.05, 3.63) is 47.5 Å². The first kappa shape index (κ1) is 21.0. The number of methoxy groups -OCH3 is 1. The van der Waals surface area contributed by atoms with Gasteiger partial charge in [0.05, 0.1) is 7.11 Å². The van der Waals surface area contributed by atoms with Gasteiger partial charge in [-0.25, -0.2) is 0 Å². The fourth-order valence-corrected chi connectivity index (χ4v) is 3.20. The molecule has 27 heavy (non-hydrogen) atoms. The minimum atomic E-state index is -4.39. The first-order valence-corrected chi connectivity index (χ1v) is 8.36. The SMILES string of the molecule is COc1cc(CN2CCCc3c(N)cccc32)ccc1OCC(F)(F)F.Cl. The number of hydrogen-bond donors (Lipinski definition) is 1. The maximum absolute atomic E-state index is 12.4. The summed E-state index contributed by atoms with van der Waals surface area (Å²) in [4.78, 5) is 2.22. The summed E-state index contributed by atoms with van der Waals surface area (Å²) in [5.41, 5.74) is 10.0. The molecular formula is C19H22ClF3N2O2. The number of alkyl halides is 3. The van der Waals surface area contributed by atoms with Crippen LogP contribution < -0.4 is 20.1 Å². The minimum Gasteiger partial charge on any atom is -0.493 e. The second-order valence-corrected chi connectivity index (χ2v) is 6.26. The number of ether oxygens (including phenoxy) is 2. The van der Waals surface area contributed by atoms with Crippen LogP contribution in [-0.2, 0) is 13.0 Å². The van der Waals surface area contributed by atoms with Gasteiger partial charge in [-0.15, -0.1) is 12.4 Å². The van der Waals surface area contributed by atoms with Gasteiger partial charge in [0.25, 0.3) is 0 Å². The topological polar surface area (TPSA) is 47.7 Å². The van der Waals surface area contributed by atoms with E-state index in [4.69, 9.17) is 15.2 Å². The Bertz CT molecular complexity index is 784. The summed E-state index contributed by atoms with van der Waals surface area (Å²) < 4.78 is 47.1. The van der Waals surface area contributed by atoms with Gasteiger partial charge in [0.2, 0.25) is 0 Å². The molecule has 0 radical (unpaired) electrons. The van der Waals surface area contributed by atoms with Gasteiger partial charge < -0.3 is 20.1 Å². The number of fused-ring (bicyclic) bond motifs is 1. The van der Waals surface area contributed by atoms with E-state index < -0.39 is 12.8 Å². The smallest absolute Gasteiger partial charge is 0.422 e. The fourth-order valence-electron chi connectivity index (χ4n) is 3.20. The van der Waals surface area contributed by atoms with Crippen molar-refractivity contribution in [2.24, 2.45) is 0 Å². The average Bonchev–Trinajstić information content (AvgIpc) is 2.60. The fraction of sp³-hybridized carbons (Fsp3) is 0.368. The lowest BCUT2D eigenvalue weighted by molar-refractivity contribution is -0.153. The van der Waals surface area contributed by atoms with Crippen molar-refractivity contribution >= 4 is 23.8 Å². The van der Waals surface area contributed by atoms with E-state index in [1.165, 1.54) is 13.2 Å². The normalized spacial score (nSPS) is 13.6. The largest absolute Gasteiger partial charge is 0.493 e. The predicted octanol–water partition coefficient (Wildman–Crippen LogP) is 4.59. The summed E-state index contributed by atoms with van der Waals surface area (Å²) in [6.07, 6.45) is -2.43. The molecule has 148 valence electrons. The molecule has 1 aliphatic heterocycles. The first-order valence-electron chi connectivity index (χ1n) is 8.36. The summed E-state index contributed by atoms with van der Waals surface area (Å²) in [6, 6.07) is 10.9. The van der Waals surface area contributed by atoms with Crippen LogP contribution >= 0.6 is 12.4 Å². The van der Waals surface area contributed by atoms with Crippen molar-refractivity contribution in [2.75, 3.05) is 30.9 Å². The van der Waals surface area contributed by atoms with Crippen LogP contribution in [0.5, 0.6) is 11.5 Å². The number of nitrogens with zero attached hydrogens (tertiary/aromatic N) is 1. The summed E-state index contributed by atoms with van der Waals surface area (Å²) in [5, 5.41) is 0. The van der Waals surface area contributed by atoms with Gasteiger partial charge in [-0.05, 0) is 48.2 Å². The van der Waals surface area contributed by atoms with Crippen molar-refractivity contribution in [1.29, 1.82) is 0 Å². The van der Waals surface area contributed by atoms with Crippen LogP contribution in [0.1, 0.15) is 17.5 Å². The van der Waals surface area contributed by atoms with Crippen LogP contribution in [0.15, 0.2) is 36.4 Å². The Balaban J connectivity index is 0.00000261. The van der Waals surface area contributed by atoms with Crippen LogP contribution in [0.3, 0.4) is 0 Å². The zero-order valence-corrected chi connectivity index (χ0v) is 15.7. The maximum Gasteiger partial charge on any atom is 0.422 e. The van der Waals surface area contributed by atoms with Gasteiger partial charge >= 0.3 is 6.18 Å². The zero-order chi connectivity index (χ0) is 18.7. The number of benzene rings is 2. The van der Waals surface area contributed by atoms with E-state index in [2.05, 4.69) is 4.90 Å². The summed E-state index contributed by atoms with van der Waals surface area (Å²) in [7, 11) is 1.41. The van der Waals surface area contributed by atoms with E-state index in [0.29, 0.717) is 6.54 Å². The molecule has 0 fully saturated rings. The molecule has 4 nitrogen and oxygen atoms in total. The molecule has 1 heterocycles. The van der Waals surface area contributed by atoms with Gasteiger partial charge in [0.15, 0.2) is 18.1 Å². The molecule has 0 amide bonds. The average molecular weight is 403 g/mol. The third kappa shape index (κ3) is 5.13. The van der Waals surface area contributed by atoms with E-state index in [9.17, 15) is 13.2 Å². The van der Waals surface area contributed by atoms with Crippen molar-refractivity contribution in [3.63, 3.8) is 0 Å². The third-order valence-corrected chi connectivity index (χ3v) is 4.38. The summed E-state index contributed by atoms with van der Waals surface area (Å²) in [6.45, 7) is 0.166. The van der Waals surface area contributed by atoms with Crippen LogP contribution in [0.25, 0.3) is 0 Å². The lowest BCUT2D eigenvalue weighted by Crippen LogP contribution is -2.29. The number of halogens is 4. The number of nitrogens with two attached hydrogens (primary N) is 1. The lowest BCUT2D eigenvalue weighted by atomic mass is 9.99. The Labute approximate surface area is 162 Å². The molecule has 0 spiro atoms. The molecule has 8 heteroatoms. The molecule has 0 aliphatic carbocycles. The Morgan fingerprint density at radius 1 is 1.15 bits per heavy atom. The number of nitrogen functional groups attached to an aromatic ring is 1. The van der Waals surface area contributed by atoms with Gasteiger partial charge in [-0.3, -0.25) is 0 Å². The maximum atomic E-state index is 12.4. The highest BCUT2D eigenvalue weighted by molar-refractivity contribution is 5.85. The molecule has 0 bridgehead atoms. The van der Waals surface area contributed by atoms with Gasteiger partial charge in [0.1, 0.15) is 0 Å². The van der Waals surface area contributed by atoms with E-state index in [0.717, 1.165) is 41.9 Å². The molecule has 0 atom stereocenters. The second kappa shape index (κ2) is 8.61. The van der Waals surface area contributed by atoms with Gasteiger partial charge in [-0.2, -0.15) is 13.2 Å². The lowest BCUT2D eigenvalue weighted by Gasteiger charge is -2.32. The van der Waals surface area contributed by atoms with Gasteiger partial charge in [0, 0.05) is 24.5 Å². The highest BCUT2D eigenvalue weighted by atomic mass is 35.5. The standard InChI is InChI=1S/C19H21F3N2O2.ClH/c1-25-18-10-13(7-8-17(18)26-12-19(20,21)22)11-24-9-3-4-14-15(23)5-2-6-16(14)24;/h2,5-8,10H,3-4,9,11-12,23H2,1H3;1H. The predicted molar refractivity (Wildman–Crippen MR) is 102 cm³/mol. The number of hydrogen-bond acceptors (Lipinski definition) is 4. The molecular weight excluding hydrogens is 381 g/mol. The Kier molecular flexibility index (Phi) is 6.70. The van der Waals surface area contributed by atoms with E-state index >= 15 is 0 Å². The Hall–Kier alpha value is -2.28. The Morgan fingerprint density at radius 2 is 1.93 bits per heavy atom. The summed E-state index contributed by atoms with van der Waals surface area (Å²) in [5.74, 6) is 0.369. The molecule has 1 aliphatic rings. The molecule has 3 rings (SSSR count). The van der Waals surface area contributed by atoms with Crippen LogP contribution in [-0.4, -0.2) is 26.4 Å². The number of rotatable bonds is 5. The highest BCUT2D eigenvalue weighted by Gasteiger charge is 2.29. The third-order valence-electron chi connectivity index (χ3n) is 4.38. The van der Waals surface area contributed by atoms with Gasteiger partial charge in [-0.1, -0.05) is 12.1 Å². The molecule has 0 saturated carbocycles. The van der Waals surface area contributed by atoms with Crippen LogP contribution in [0, 0.1) is 0 Å². The molecule has 0 saturated heterocycles. The minimum absolute atomic E-state index is 0. The van der Waals surface area contributed by atoms with E-state index in [1.807, 2.05) is 18.2 Å². The van der Waals surface area contributed by atoms with Crippen LogP contribution in [0.4, 0.5) is 24.5 Å². The molecule has 2 N–H and O–H groups in total. The highest BCUT2D eigenvalue weighted by Crippen LogP contribution is 2.34. The van der Waals surface area contributed by atoms with Crippen molar-refractivity contribution in [2.45, 2.75) is 25.6 Å². The monoisotopic (exact) mass is 402 g/mol. The quantitative estimate of drug-likeness (QED) is 0.743. The zero-order valence-electron chi connectivity index (χ0n) is 14.9. The Morgan fingerprint density at radius 3 is 2.63 bits per heavy atom. The summed E-state index contributed by atoms with van der Waals surface area (Å²) >= 11 is 0. The van der Waals surface area contributed by atoms with E-state index in [1.54, 1.807) is 12.1 Å². The number of anilines is 2. The molecule has 2 aromatic rings. The molecule has 0 aromatic heterocycles. The van der Waals surface area contributed by atoms with Crippen LogP contribution in [0.2, 0.25) is 0 Å². The molecule has 0 unspecified atom stereocenters. The van der Waals surface area contributed by atoms with E-state index in [-0.39, 0.29) is 23.9 Å².